The number of rotatable bonds is 4. The normalized spacial score (nSPS) is 12.4. The molecule has 0 bridgehead atoms. The van der Waals surface area contributed by atoms with Crippen LogP contribution in [0.3, 0.4) is 0 Å². The largest absolute Gasteiger partial charge is 0.506 e. The van der Waals surface area contributed by atoms with E-state index in [0.29, 0.717) is 4.47 Å². The summed E-state index contributed by atoms with van der Waals surface area (Å²) >= 11 is 3.09. The van der Waals surface area contributed by atoms with Gasteiger partial charge in [-0.1, -0.05) is 0 Å². The second-order valence-corrected chi connectivity index (χ2v) is 4.14. The number of phenols is 1. The summed E-state index contributed by atoms with van der Waals surface area (Å²) in [5.74, 6) is -1.35. The molecule has 0 fully saturated rings. The molecule has 1 rings (SSSR count). The minimum absolute atomic E-state index is 0.0540. The number of aromatic carboxylic acids is 1. The highest BCUT2D eigenvalue weighted by Crippen LogP contribution is 2.34. The van der Waals surface area contributed by atoms with Crippen LogP contribution >= 0.6 is 15.9 Å². The van der Waals surface area contributed by atoms with E-state index in [0.717, 1.165) is 0 Å². The fourth-order valence-electron chi connectivity index (χ4n) is 1.43. The third-order valence-electron chi connectivity index (χ3n) is 2.21. The van der Waals surface area contributed by atoms with Crippen molar-refractivity contribution in [1.82, 2.24) is 0 Å². The molecule has 0 spiro atoms. The Hall–Kier alpha value is -1.11. The van der Waals surface area contributed by atoms with Crippen LogP contribution in [0.1, 0.15) is 28.4 Å². The second kappa shape index (κ2) is 5.29. The summed E-state index contributed by atoms with van der Waals surface area (Å²) in [6.45, 7) is -0.174. The fourth-order valence-corrected chi connectivity index (χ4v) is 1.77. The van der Waals surface area contributed by atoms with Crippen LogP contribution in [0.15, 0.2) is 16.6 Å². The van der Waals surface area contributed by atoms with E-state index in [1.54, 1.807) is 0 Å². The first-order chi connectivity index (χ1) is 7.49. The van der Waals surface area contributed by atoms with E-state index < -0.39 is 12.0 Å². The van der Waals surface area contributed by atoms with Gasteiger partial charge < -0.3 is 21.1 Å². The number of nitrogens with two attached hydrogens (primary N) is 1. The van der Waals surface area contributed by atoms with Crippen LogP contribution in [0.2, 0.25) is 0 Å². The van der Waals surface area contributed by atoms with Crippen LogP contribution in [0.5, 0.6) is 5.75 Å². The highest BCUT2D eigenvalue weighted by atomic mass is 79.9. The lowest BCUT2D eigenvalue weighted by Gasteiger charge is -2.16. The van der Waals surface area contributed by atoms with Crippen LogP contribution in [0.4, 0.5) is 0 Å². The number of halogens is 1. The van der Waals surface area contributed by atoms with Gasteiger partial charge >= 0.3 is 5.97 Å². The first kappa shape index (κ1) is 13.0. The summed E-state index contributed by atoms with van der Waals surface area (Å²) < 4.78 is 0.376. The first-order valence-corrected chi connectivity index (χ1v) is 5.39. The molecule has 0 aliphatic heterocycles. The number of aliphatic hydroxyl groups excluding tert-OH is 1. The lowest BCUT2D eigenvalue weighted by Crippen LogP contribution is -2.16. The van der Waals surface area contributed by atoms with Gasteiger partial charge in [-0.25, -0.2) is 4.79 Å². The maximum atomic E-state index is 10.9. The average molecular weight is 290 g/mol. The maximum absolute atomic E-state index is 10.9. The molecule has 5 nitrogen and oxygen atoms in total. The Balaban J connectivity index is 3.31. The molecule has 0 aliphatic rings. The zero-order valence-corrected chi connectivity index (χ0v) is 9.94. The molecule has 0 radical (unpaired) electrons. The molecule has 6 heteroatoms. The Bertz CT molecular complexity index is 408. The topological polar surface area (TPSA) is 104 Å². The predicted molar refractivity (Wildman–Crippen MR) is 61.4 cm³/mol. The Labute approximate surface area is 101 Å². The third kappa shape index (κ3) is 2.52. The monoisotopic (exact) mass is 289 g/mol. The summed E-state index contributed by atoms with van der Waals surface area (Å²) in [5, 5.41) is 27.5. The van der Waals surface area contributed by atoms with Gasteiger partial charge in [-0.3, -0.25) is 0 Å². The highest BCUT2D eigenvalue weighted by molar-refractivity contribution is 9.10. The molecule has 5 N–H and O–H groups in total. The van der Waals surface area contributed by atoms with Crippen LogP contribution in [0, 0.1) is 0 Å². The zero-order chi connectivity index (χ0) is 12.3. The molecule has 0 saturated carbocycles. The van der Waals surface area contributed by atoms with Crippen LogP contribution in [-0.4, -0.2) is 27.9 Å². The van der Waals surface area contributed by atoms with Crippen LogP contribution in [-0.2, 0) is 0 Å². The lowest BCUT2D eigenvalue weighted by molar-refractivity contribution is 0.0694. The lowest BCUT2D eigenvalue weighted by atomic mass is 9.98. The van der Waals surface area contributed by atoms with E-state index in [1.807, 2.05) is 0 Å². The van der Waals surface area contributed by atoms with Gasteiger partial charge in [-0.15, -0.1) is 0 Å². The summed E-state index contributed by atoms with van der Waals surface area (Å²) in [7, 11) is 0. The van der Waals surface area contributed by atoms with E-state index >= 15 is 0 Å². The molecule has 1 aromatic carbocycles. The van der Waals surface area contributed by atoms with Gasteiger partial charge in [0.2, 0.25) is 0 Å². The van der Waals surface area contributed by atoms with Gasteiger partial charge in [0.25, 0.3) is 0 Å². The number of carboxylic acids is 1. The van der Waals surface area contributed by atoms with Crippen LogP contribution < -0.4 is 5.73 Å². The Morgan fingerprint density at radius 2 is 2.12 bits per heavy atom. The van der Waals surface area contributed by atoms with Gasteiger partial charge in [0.15, 0.2) is 0 Å². The van der Waals surface area contributed by atoms with Gasteiger partial charge in [0.05, 0.1) is 10.0 Å². The number of carbonyl (C=O) groups is 1. The quantitative estimate of drug-likeness (QED) is 0.668. The van der Waals surface area contributed by atoms with E-state index in [1.165, 1.54) is 12.1 Å². The molecule has 0 unspecified atom stereocenters. The summed E-state index contributed by atoms with van der Waals surface area (Å²) in [4.78, 5) is 10.9. The Kier molecular flexibility index (Phi) is 4.28. The number of aromatic hydroxyl groups is 1. The molecule has 0 aromatic heterocycles. The zero-order valence-electron chi connectivity index (χ0n) is 8.35. The van der Waals surface area contributed by atoms with Gasteiger partial charge in [0, 0.05) is 18.2 Å². The predicted octanol–water partition coefficient (Wildman–Crippen LogP) is 1.24. The van der Waals surface area contributed by atoms with Crippen molar-refractivity contribution in [2.24, 2.45) is 5.73 Å². The highest BCUT2D eigenvalue weighted by Gasteiger charge is 2.21. The van der Waals surface area contributed by atoms with Crippen molar-refractivity contribution >= 4 is 21.9 Å². The standard InChI is InChI=1S/C10H12BrNO4/c11-6-2-1-5(10(15)16)8(9(6)14)7(12)3-4-13/h1-2,7,13-14H,3-4,12H2,(H,15,16)/t7-/m1/s1. The minimum atomic E-state index is -1.16. The second-order valence-electron chi connectivity index (χ2n) is 3.28. The number of carboxylic acid groups (broad SMARTS) is 1. The van der Waals surface area contributed by atoms with Crippen molar-refractivity contribution in [2.75, 3.05) is 6.61 Å². The van der Waals surface area contributed by atoms with Crippen LogP contribution in [0.25, 0.3) is 0 Å². The summed E-state index contributed by atoms with van der Waals surface area (Å²) in [6, 6.07) is 2.08. The van der Waals surface area contributed by atoms with Crippen molar-refractivity contribution in [3.8, 4) is 5.75 Å². The average Bonchev–Trinajstić information content (AvgIpc) is 2.21. The van der Waals surface area contributed by atoms with E-state index in [-0.39, 0.29) is 29.9 Å². The van der Waals surface area contributed by atoms with Crippen molar-refractivity contribution in [3.05, 3.63) is 27.7 Å². The molecule has 0 amide bonds. The first-order valence-electron chi connectivity index (χ1n) is 4.60. The summed E-state index contributed by atoms with van der Waals surface area (Å²) in [6.07, 6.45) is 0.185. The van der Waals surface area contributed by atoms with E-state index in [4.69, 9.17) is 15.9 Å². The SMILES string of the molecule is N[C@H](CCO)c1c(C(=O)O)ccc(Br)c1O. The number of aliphatic hydroxyl groups is 1. The molecule has 1 atom stereocenters. The van der Waals surface area contributed by atoms with Crippen molar-refractivity contribution in [1.29, 1.82) is 0 Å². The van der Waals surface area contributed by atoms with Gasteiger partial charge in [-0.2, -0.15) is 0 Å². The smallest absolute Gasteiger partial charge is 0.336 e. The number of benzene rings is 1. The molecule has 0 heterocycles. The number of phenolic OH excluding ortho intramolecular Hbond substituents is 1. The molecule has 16 heavy (non-hydrogen) atoms. The minimum Gasteiger partial charge on any atom is -0.506 e. The molecular weight excluding hydrogens is 278 g/mol. The Morgan fingerprint density at radius 1 is 1.50 bits per heavy atom. The van der Waals surface area contributed by atoms with Crippen molar-refractivity contribution in [3.63, 3.8) is 0 Å². The third-order valence-corrected chi connectivity index (χ3v) is 2.85. The maximum Gasteiger partial charge on any atom is 0.336 e. The molecular formula is C10H12BrNO4. The molecule has 88 valence electrons. The molecule has 0 saturated heterocycles. The molecule has 0 aliphatic carbocycles. The number of hydrogen-bond acceptors (Lipinski definition) is 4. The number of hydrogen-bond donors (Lipinski definition) is 4. The van der Waals surface area contributed by atoms with Crippen molar-refractivity contribution < 1.29 is 20.1 Å². The Morgan fingerprint density at radius 3 is 2.62 bits per heavy atom. The van der Waals surface area contributed by atoms with Gasteiger partial charge in [0.1, 0.15) is 5.75 Å². The van der Waals surface area contributed by atoms with Crippen molar-refractivity contribution in [2.45, 2.75) is 12.5 Å². The summed E-state index contributed by atoms with van der Waals surface area (Å²) in [5.41, 5.74) is 5.79. The molecule has 1 aromatic rings. The van der Waals surface area contributed by atoms with E-state index in [9.17, 15) is 9.90 Å². The fraction of sp³-hybridized carbons (Fsp3) is 0.300. The van der Waals surface area contributed by atoms with Gasteiger partial charge in [-0.05, 0) is 34.5 Å². The van der Waals surface area contributed by atoms with E-state index in [2.05, 4.69) is 15.9 Å².